The van der Waals surface area contributed by atoms with Crippen molar-refractivity contribution in [3.8, 4) is 0 Å². The van der Waals surface area contributed by atoms with E-state index >= 15 is 0 Å². The Morgan fingerprint density at radius 3 is 2.58 bits per heavy atom. The van der Waals surface area contributed by atoms with E-state index in [1.165, 1.54) is 11.0 Å². The molecule has 1 aromatic rings. The average Bonchev–Trinajstić information content (AvgIpc) is 2.80. The Kier molecular flexibility index (Phi) is 5.25. The van der Waals surface area contributed by atoms with Crippen molar-refractivity contribution in [3.63, 3.8) is 0 Å². The molecule has 1 heterocycles. The summed E-state index contributed by atoms with van der Waals surface area (Å²) in [6, 6.07) is 5.97. The second kappa shape index (κ2) is 7.43. The molecule has 1 saturated carbocycles. The molecule has 2 fully saturated rings. The van der Waals surface area contributed by atoms with Crippen LogP contribution in [0.5, 0.6) is 0 Å². The Labute approximate surface area is 152 Å². The van der Waals surface area contributed by atoms with E-state index in [1.807, 2.05) is 0 Å². The molecule has 3 rings (SSSR count). The third-order valence-electron chi connectivity index (χ3n) is 5.46. The molecule has 140 valence electrons. The molecule has 1 N–H and O–H groups in total. The normalized spacial score (nSPS) is 19.3. The summed E-state index contributed by atoms with van der Waals surface area (Å²) in [5, 5.41) is 2.66. The first-order chi connectivity index (χ1) is 12.5. The van der Waals surface area contributed by atoms with Crippen molar-refractivity contribution in [1.82, 2.24) is 15.1 Å². The molecule has 0 bridgehead atoms. The van der Waals surface area contributed by atoms with Crippen LogP contribution in [0.1, 0.15) is 37.7 Å². The van der Waals surface area contributed by atoms with E-state index in [4.69, 9.17) is 0 Å². The van der Waals surface area contributed by atoms with Gasteiger partial charge in [0.2, 0.25) is 5.91 Å². The predicted molar refractivity (Wildman–Crippen MR) is 93.8 cm³/mol. The summed E-state index contributed by atoms with van der Waals surface area (Å²) in [5.74, 6) is -0.995. The molecular formula is C19H24FN3O3. The molecule has 2 aliphatic rings. The number of likely N-dealkylation sites (N-methyl/N-ethyl adjacent to an activating group) is 1. The maximum atomic E-state index is 13.6. The van der Waals surface area contributed by atoms with Gasteiger partial charge in [-0.05, 0) is 30.9 Å². The van der Waals surface area contributed by atoms with Gasteiger partial charge in [-0.2, -0.15) is 0 Å². The molecule has 1 aromatic carbocycles. The second-order valence-electron chi connectivity index (χ2n) is 7.02. The highest BCUT2D eigenvalue weighted by molar-refractivity contribution is 6.08. The van der Waals surface area contributed by atoms with E-state index in [1.54, 1.807) is 25.2 Å². The molecule has 1 aliphatic carbocycles. The summed E-state index contributed by atoms with van der Waals surface area (Å²) < 4.78 is 13.6. The van der Waals surface area contributed by atoms with E-state index in [-0.39, 0.29) is 24.8 Å². The minimum absolute atomic E-state index is 0.247. The van der Waals surface area contributed by atoms with Crippen LogP contribution >= 0.6 is 0 Å². The van der Waals surface area contributed by atoms with Gasteiger partial charge in [0.15, 0.2) is 0 Å². The number of nitrogens with zero attached hydrogens (tertiary/aromatic N) is 2. The van der Waals surface area contributed by atoms with Crippen LogP contribution in [0.25, 0.3) is 0 Å². The van der Waals surface area contributed by atoms with Gasteiger partial charge in [-0.15, -0.1) is 0 Å². The number of amides is 4. The summed E-state index contributed by atoms with van der Waals surface area (Å²) in [7, 11) is 1.64. The Morgan fingerprint density at radius 1 is 1.19 bits per heavy atom. The third-order valence-corrected chi connectivity index (χ3v) is 5.46. The van der Waals surface area contributed by atoms with E-state index in [0.717, 1.165) is 24.2 Å². The number of imide groups is 1. The molecule has 7 heteroatoms. The summed E-state index contributed by atoms with van der Waals surface area (Å²) in [6.07, 6.45) is 4.54. The van der Waals surface area contributed by atoms with Gasteiger partial charge in [-0.3, -0.25) is 14.5 Å². The smallest absolute Gasteiger partial charge is 0.327 e. The number of carbonyl (C=O) groups excluding carboxylic acids is 3. The Hall–Kier alpha value is -2.44. The molecule has 1 aliphatic heterocycles. The lowest BCUT2D eigenvalue weighted by molar-refractivity contribution is -0.137. The first kappa shape index (κ1) is 18.4. The summed E-state index contributed by atoms with van der Waals surface area (Å²) in [5.41, 5.74) is -0.259. The molecule has 4 amide bonds. The molecular weight excluding hydrogens is 337 g/mol. The Morgan fingerprint density at radius 2 is 1.88 bits per heavy atom. The number of benzene rings is 1. The maximum Gasteiger partial charge on any atom is 0.327 e. The molecule has 1 saturated heterocycles. The van der Waals surface area contributed by atoms with Gasteiger partial charge >= 0.3 is 6.03 Å². The summed E-state index contributed by atoms with van der Waals surface area (Å²) in [4.78, 5) is 40.0. The maximum absolute atomic E-state index is 13.6. The first-order valence-corrected chi connectivity index (χ1v) is 9.05. The van der Waals surface area contributed by atoms with Gasteiger partial charge in [0.05, 0.1) is 0 Å². The minimum Gasteiger partial charge on any atom is -0.354 e. The topological polar surface area (TPSA) is 69.7 Å². The lowest BCUT2D eigenvalue weighted by Gasteiger charge is -2.35. The quantitative estimate of drug-likeness (QED) is 0.817. The largest absolute Gasteiger partial charge is 0.354 e. The highest BCUT2D eigenvalue weighted by atomic mass is 19.1. The van der Waals surface area contributed by atoms with Gasteiger partial charge in [0, 0.05) is 13.6 Å². The average molecular weight is 361 g/mol. The van der Waals surface area contributed by atoms with Crippen molar-refractivity contribution in [2.24, 2.45) is 0 Å². The van der Waals surface area contributed by atoms with Crippen LogP contribution in [0.4, 0.5) is 9.18 Å². The van der Waals surface area contributed by atoms with Crippen LogP contribution in [0, 0.1) is 5.82 Å². The fourth-order valence-corrected chi connectivity index (χ4v) is 3.91. The highest BCUT2D eigenvalue weighted by Crippen LogP contribution is 2.39. The number of hydrogen-bond donors (Lipinski definition) is 1. The van der Waals surface area contributed by atoms with E-state index in [2.05, 4.69) is 5.32 Å². The fourth-order valence-electron chi connectivity index (χ4n) is 3.91. The van der Waals surface area contributed by atoms with E-state index < -0.39 is 17.5 Å². The summed E-state index contributed by atoms with van der Waals surface area (Å²) >= 11 is 0. The highest BCUT2D eigenvalue weighted by Gasteiger charge is 2.55. The van der Waals surface area contributed by atoms with Crippen LogP contribution in [0.3, 0.4) is 0 Å². The molecule has 0 radical (unpaired) electrons. The van der Waals surface area contributed by atoms with Crippen LogP contribution in [0.15, 0.2) is 24.3 Å². The number of urea groups is 1. The monoisotopic (exact) mass is 361 g/mol. The van der Waals surface area contributed by atoms with E-state index in [9.17, 15) is 18.8 Å². The molecule has 6 nitrogen and oxygen atoms in total. The number of halogens is 1. The van der Waals surface area contributed by atoms with Crippen molar-refractivity contribution >= 4 is 17.8 Å². The summed E-state index contributed by atoms with van der Waals surface area (Å²) in [6.45, 7) is -0.0437. The van der Waals surface area contributed by atoms with Gasteiger partial charge in [0.25, 0.3) is 5.91 Å². The zero-order valence-electron chi connectivity index (χ0n) is 15.0. The van der Waals surface area contributed by atoms with Crippen LogP contribution < -0.4 is 5.32 Å². The van der Waals surface area contributed by atoms with E-state index in [0.29, 0.717) is 24.8 Å². The van der Waals surface area contributed by atoms with Gasteiger partial charge < -0.3 is 10.2 Å². The number of rotatable bonds is 5. The third kappa shape index (κ3) is 3.30. The Balaban J connectivity index is 1.56. The molecule has 0 unspecified atom stereocenters. The molecule has 0 atom stereocenters. The van der Waals surface area contributed by atoms with Crippen molar-refractivity contribution in [3.05, 3.63) is 35.6 Å². The lowest BCUT2D eigenvalue weighted by Crippen LogP contribution is -2.49. The Bertz CT molecular complexity index is 716. The zero-order valence-corrected chi connectivity index (χ0v) is 15.0. The van der Waals surface area contributed by atoms with Gasteiger partial charge in [-0.1, -0.05) is 37.5 Å². The number of nitrogens with one attached hydrogen (secondary N) is 1. The van der Waals surface area contributed by atoms with Crippen LogP contribution in [0.2, 0.25) is 0 Å². The van der Waals surface area contributed by atoms with Gasteiger partial charge in [-0.25, -0.2) is 9.18 Å². The van der Waals surface area contributed by atoms with Crippen molar-refractivity contribution in [2.75, 3.05) is 20.1 Å². The molecule has 0 aromatic heterocycles. The standard InChI is InChI=1S/C19H24FN3O3/c1-22-18(26)23(17(25)19(22)10-5-2-6-11-19)13-16(24)21-12-9-14-7-3-4-8-15(14)20/h3-4,7-8H,2,5-6,9-13H2,1H3,(H,21,24). The van der Waals surface area contributed by atoms with Crippen LogP contribution in [-0.4, -0.2) is 53.3 Å². The molecule has 1 spiro atoms. The van der Waals surface area contributed by atoms with Crippen LogP contribution in [-0.2, 0) is 16.0 Å². The number of hydrogen-bond acceptors (Lipinski definition) is 3. The fraction of sp³-hybridized carbons (Fsp3) is 0.526. The first-order valence-electron chi connectivity index (χ1n) is 9.05. The van der Waals surface area contributed by atoms with Gasteiger partial charge in [0.1, 0.15) is 17.9 Å². The zero-order chi connectivity index (χ0) is 18.7. The molecule has 26 heavy (non-hydrogen) atoms. The van der Waals surface area contributed by atoms with Crippen molar-refractivity contribution in [1.29, 1.82) is 0 Å². The van der Waals surface area contributed by atoms with Crippen molar-refractivity contribution in [2.45, 2.75) is 44.1 Å². The van der Waals surface area contributed by atoms with Crippen molar-refractivity contribution < 1.29 is 18.8 Å². The lowest BCUT2D eigenvalue weighted by atomic mass is 9.81. The predicted octanol–water partition coefficient (Wildman–Crippen LogP) is 2.08. The minimum atomic E-state index is -0.775. The number of carbonyl (C=O) groups is 3. The second-order valence-corrected chi connectivity index (χ2v) is 7.02. The SMILES string of the molecule is CN1C(=O)N(CC(=O)NCCc2ccccc2F)C(=O)C12CCCCC2.